The maximum absolute atomic E-state index is 5.99. The van der Waals surface area contributed by atoms with Gasteiger partial charge in [-0.05, 0) is 32.4 Å². The van der Waals surface area contributed by atoms with Crippen LogP contribution in [0.2, 0.25) is 0 Å². The first-order valence-corrected chi connectivity index (χ1v) is 7.67. The Morgan fingerprint density at radius 1 is 1.24 bits per heavy atom. The summed E-state index contributed by atoms with van der Waals surface area (Å²) >= 11 is 0. The van der Waals surface area contributed by atoms with Gasteiger partial charge in [0.15, 0.2) is 11.5 Å². The van der Waals surface area contributed by atoms with Gasteiger partial charge < -0.3 is 24.3 Å². The zero-order valence-corrected chi connectivity index (χ0v) is 12.7. The van der Waals surface area contributed by atoms with Crippen molar-refractivity contribution < 1.29 is 18.9 Å². The van der Waals surface area contributed by atoms with Crippen molar-refractivity contribution in [3.05, 3.63) is 17.7 Å². The highest BCUT2D eigenvalue weighted by Crippen LogP contribution is 2.38. The van der Waals surface area contributed by atoms with Crippen molar-refractivity contribution in [2.45, 2.75) is 45.4 Å². The summed E-state index contributed by atoms with van der Waals surface area (Å²) in [5, 5.41) is 3.32. The second kappa shape index (κ2) is 6.54. The van der Waals surface area contributed by atoms with E-state index in [0.717, 1.165) is 48.7 Å². The van der Waals surface area contributed by atoms with E-state index in [1.807, 2.05) is 12.1 Å². The zero-order chi connectivity index (χ0) is 14.7. The fraction of sp³-hybridized carbons (Fsp3) is 0.625. The van der Waals surface area contributed by atoms with E-state index in [1.165, 1.54) is 0 Å². The van der Waals surface area contributed by atoms with Gasteiger partial charge in [-0.3, -0.25) is 0 Å². The van der Waals surface area contributed by atoms with Gasteiger partial charge in [0, 0.05) is 18.2 Å². The van der Waals surface area contributed by atoms with Crippen molar-refractivity contribution in [3.8, 4) is 17.2 Å². The van der Waals surface area contributed by atoms with Crippen molar-refractivity contribution in [1.82, 2.24) is 5.32 Å². The van der Waals surface area contributed by atoms with Crippen molar-refractivity contribution in [2.24, 2.45) is 0 Å². The first-order chi connectivity index (χ1) is 10.3. The summed E-state index contributed by atoms with van der Waals surface area (Å²) in [6, 6.07) is 3.92. The lowest BCUT2D eigenvalue weighted by molar-refractivity contribution is 0.0262. The van der Waals surface area contributed by atoms with Crippen LogP contribution in [0.25, 0.3) is 0 Å². The van der Waals surface area contributed by atoms with Crippen molar-refractivity contribution in [3.63, 3.8) is 0 Å². The molecule has 0 amide bonds. The molecule has 3 rings (SSSR count). The summed E-state index contributed by atoms with van der Waals surface area (Å²) in [5.41, 5.74) is 1.09. The fourth-order valence-corrected chi connectivity index (χ4v) is 2.69. The van der Waals surface area contributed by atoms with Gasteiger partial charge in [-0.2, -0.15) is 0 Å². The van der Waals surface area contributed by atoms with E-state index < -0.39 is 0 Å². The van der Waals surface area contributed by atoms with Crippen LogP contribution in [0, 0.1) is 0 Å². The van der Waals surface area contributed by atoms with Gasteiger partial charge in [0.1, 0.15) is 12.4 Å². The van der Waals surface area contributed by atoms with Gasteiger partial charge in [0.25, 0.3) is 0 Å². The highest BCUT2D eigenvalue weighted by Gasteiger charge is 2.23. The van der Waals surface area contributed by atoms with Crippen LogP contribution in [0.5, 0.6) is 17.2 Å². The van der Waals surface area contributed by atoms with Crippen LogP contribution in [0.1, 0.15) is 32.3 Å². The summed E-state index contributed by atoms with van der Waals surface area (Å²) in [7, 11) is 0. The second-order valence-electron chi connectivity index (χ2n) is 5.55. The predicted octanol–water partition coefficient (Wildman–Crippen LogP) is 2.47. The molecule has 1 N–H and O–H groups in total. The van der Waals surface area contributed by atoms with Gasteiger partial charge in [-0.25, -0.2) is 0 Å². The van der Waals surface area contributed by atoms with Crippen LogP contribution in [0.3, 0.4) is 0 Å². The molecule has 2 atom stereocenters. The average Bonchev–Trinajstić information content (AvgIpc) is 3.10. The maximum Gasteiger partial charge on any atom is 0.231 e. The Balaban J connectivity index is 1.69. The molecular weight excluding hydrogens is 270 g/mol. The van der Waals surface area contributed by atoms with Gasteiger partial charge in [0.2, 0.25) is 6.79 Å². The molecule has 1 aromatic carbocycles. The molecule has 0 bridgehead atoms. The Morgan fingerprint density at radius 3 is 2.76 bits per heavy atom. The quantitative estimate of drug-likeness (QED) is 0.873. The first kappa shape index (κ1) is 14.5. The predicted molar refractivity (Wildman–Crippen MR) is 79.0 cm³/mol. The summed E-state index contributed by atoms with van der Waals surface area (Å²) in [5.74, 6) is 2.40. The third-order valence-corrected chi connectivity index (χ3v) is 3.87. The van der Waals surface area contributed by atoms with E-state index in [4.69, 9.17) is 18.9 Å². The standard InChI is InChI=1S/C16H23NO4/c1-3-17-8-12-6-15-16(20-10-19-15)7-14(12)18-9-13-5-4-11(2)21-13/h6-7,11,13,17H,3-5,8-10H2,1-2H3. The number of rotatable bonds is 6. The van der Waals surface area contributed by atoms with Crippen LogP contribution in [0.4, 0.5) is 0 Å². The van der Waals surface area contributed by atoms with Crippen molar-refractivity contribution in [1.29, 1.82) is 0 Å². The fourth-order valence-electron chi connectivity index (χ4n) is 2.69. The summed E-state index contributed by atoms with van der Waals surface area (Å²) in [6.45, 7) is 6.73. The number of fused-ring (bicyclic) bond motifs is 1. The zero-order valence-electron chi connectivity index (χ0n) is 12.7. The normalized spacial score (nSPS) is 23.5. The molecule has 2 aliphatic heterocycles. The summed E-state index contributed by atoms with van der Waals surface area (Å²) in [4.78, 5) is 0. The minimum atomic E-state index is 0.192. The van der Waals surface area contributed by atoms with Gasteiger partial charge in [0.05, 0.1) is 12.2 Å². The van der Waals surface area contributed by atoms with E-state index in [-0.39, 0.29) is 12.9 Å². The summed E-state index contributed by atoms with van der Waals surface area (Å²) < 4.78 is 22.7. The van der Waals surface area contributed by atoms with Crippen LogP contribution in [-0.2, 0) is 11.3 Å². The van der Waals surface area contributed by atoms with Gasteiger partial charge >= 0.3 is 0 Å². The molecular formula is C16H23NO4. The molecule has 0 aliphatic carbocycles. The number of hydrogen-bond acceptors (Lipinski definition) is 5. The third kappa shape index (κ3) is 3.41. The van der Waals surface area contributed by atoms with Gasteiger partial charge in [-0.15, -0.1) is 0 Å². The van der Waals surface area contributed by atoms with E-state index >= 15 is 0 Å². The van der Waals surface area contributed by atoms with E-state index in [9.17, 15) is 0 Å². The minimum Gasteiger partial charge on any atom is -0.490 e. The molecule has 1 aromatic rings. The first-order valence-electron chi connectivity index (χ1n) is 7.67. The van der Waals surface area contributed by atoms with E-state index in [2.05, 4.69) is 19.2 Å². The van der Waals surface area contributed by atoms with Crippen molar-refractivity contribution in [2.75, 3.05) is 19.9 Å². The number of nitrogens with one attached hydrogen (secondary N) is 1. The molecule has 21 heavy (non-hydrogen) atoms. The Kier molecular flexibility index (Phi) is 4.51. The topological polar surface area (TPSA) is 49.0 Å². The number of benzene rings is 1. The molecule has 0 radical (unpaired) electrons. The van der Waals surface area contributed by atoms with E-state index in [1.54, 1.807) is 0 Å². The number of ether oxygens (including phenoxy) is 4. The molecule has 2 heterocycles. The molecule has 2 aliphatic rings. The third-order valence-electron chi connectivity index (χ3n) is 3.87. The average molecular weight is 293 g/mol. The maximum atomic E-state index is 5.99. The second-order valence-corrected chi connectivity index (χ2v) is 5.55. The Hall–Kier alpha value is -1.46. The molecule has 0 aromatic heterocycles. The van der Waals surface area contributed by atoms with Gasteiger partial charge in [-0.1, -0.05) is 6.92 Å². The summed E-state index contributed by atoms with van der Waals surface area (Å²) in [6.07, 6.45) is 2.71. The molecule has 5 heteroatoms. The molecule has 116 valence electrons. The van der Waals surface area contributed by atoms with E-state index in [0.29, 0.717) is 12.7 Å². The highest BCUT2D eigenvalue weighted by atomic mass is 16.7. The Labute approximate surface area is 125 Å². The van der Waals surface area contributed by atoms with Crippen molar-refractivity contribution >= 4 is 0 Å². The molecule has 5 nitrogen and oxygen atoms in total. The lowest BCUT2D eigenvalue weighted by Gasteiger charge is -2.16. The Bertz CT molecular complexity index is 491. The smallest absolute Gasteiger partial charge is 0.231 e. The van der Waals surface area contributed by atoms with Crippen LogP contribution >= 0.6 is 0 Å². The molecule has 0 saturated carbocycles. The molecule has 1 fully saturated rings. The highest BCUT2D eigenvalue weighted by molar-refractivity contribution is 5.51. The molecule has 1 saturated heterocycles. The largest absolute Gasteiger partial charge is 0.490 e. The number of hydrogen-bond donors (Lipinski definition) is 1. The lowest BCUT2D eigenvalue weighted by Crippen LogP contribution is -2.19. The SMILES string of the molecule is CCNCc1cc2c(cc1OCC1CCC(C)O1)OCO2. The lowest BCUT2D eigenvalue weighted by atomic mass is 10.1. The van der Waals surface area contributed by atoms with Crippen LogP contribution in [-0.4, -0.2) is 32.2 Å². The molecule has 2 unspecified atom stereocenters. The monoisotopic (exact) mass is 293 g/mol. The Morgan fingerprint density at radius 2 is 2.05 bits per heavy atom. The van der Waals surface area contributed by atoms with Crippen LogP contribution in [0.15, 0.2) is 12.1 Å². The van der Waals surface area contributed by atoms with Crippen LogP contribution < -0.4 is 19.5 Å². The molecule has 0 spiro atoms. The minimum absolute atomic E-state index is 0.192.